The van der Waals surface area contributed by atoms with Crippen LogP contribution in [0.15, 0.2) is 10.2 Å². The Labute approximate surface area is 107 Å². The van der Waals surface area contributed by atoms with E-state index in [0.717, 1.165) is 25.2 Å². The molecule has 98 valence electrons. The minimum atomic E-state index is 0.630. The molecule has 1 aliphatic heterocycles. The third-order valence-corrected chi connectivity index (χ3v) is 3.56. The van der Waals surface area contributed by atoms with Crippen molar-refractivity contribution in [3.63, 3.8) is 0 Å². The maximum atomic E-state index is 4.45. The first-order chi connectivity index (χ1) is 8.13. The summed E-state index contributed by atoms with van der Waals surface area (Å²) in [6.07, 6.45) is 8.52. The summed E-state index contributed by atoms with van der Waals surface area (Å²) in [6, 6.07) is 0. The summed E-state index contributed by atoms with van der Waals surface area (Å²) in [4.78, 5) is 0. The van der Waals surface area contributed by atoms with E-state index < -0.39 is 0 Å². The highest BCUT2D eigenvalue weighted by molar-refractivity contribution is 5.95. The lowest BCUT2D eigenvalue weighted by Gasteiger charge is -2.17. The molecule has 0 N–H and O–H groups in total. The Morgan fingerprint density at radius 1 is 1.06 bits per heavy atom. The molecule has 1 atom stereocenters. The molecule has 0 aromatic rings. The molecule has 0 spiro atoms. The van der Waals surface area contributed by atoms with Crippen molar-refractivity contribution in [2.24, 2.45) is 22.0 Å². The summed E-state index contributed by atoms with van der Waals surface area (Å²) < 4.78 is 0. The van der Waals surface area contributed by atoms with Crippen molar-refractivity contribution in [2.75, 3.05) is 0 Å². The van der Waals surface area contributed by atoms with Crippen LogP contribution < -0.4 is 0 Å². The first-order valence-electron chi connectivity index (χ1n) is 7.25. The standard InChI is InChI=1S/C15H28N2/c1-5-6-7-13(4)15-11-10-14(16-17-15)9-8-12(2)3/h12-13H,5-11H2,1-4H3. The predicted octanol–water partition coefficient (Wildman–Crippen LogP) is 4.84. The van der Waals surface area contributed by atoms with Crippen molar-refractivity contribution < 1.29 is 0 Å². The van der Waals surface area contributed by atoms with E-state index in [-0.39, 0.29) is 0 Å². The molecular weight excluding hydrogens is 208 g/mol. The Balaban J connectivity index is 2.40. The summed E-state index contributed by atoms with van der Waals surface area (Å²) >= 11 is 0. The van der Waals surface area contributed by atoms with Crippen molar-refractivity contribution in [2.45, 2.75) is 72.6 Å². The highest BCUT2D eigenvalue weighted by Gasteiger charge is 2.15. The van der Waals surface area contributed by atoms with Crippen molar-refractivity contribution >= 4 is 11.4 Å². The molecule has 17 heavy (non-hydrogen) atoms. The first kappa shape index (κ1) is 14.4. The van der Waals surface area contributed by atoms with Gasteiger partial charge in [-0.2, -0.15) is 10.2 Å². The van der Waals surface area contributed by atoms with Crippen LogP contribution in [0, 0.1) is 11.8 Å². The Hall–Kier alpha value is -0.660. The molecule has 1 aliphatic rings. The predicted molar refractivity (Wildman–Crippen MR) is 76.9 cm³/mol. The van der Waals surface area contributed by atoms with E-state index in [1.807, 2.05) is 0 Å². The average molecular weight is 236 g/mol. The Kier molecular flexibility index (Phi) is 6.46. The number of hydrogen-bond acceptors (Lipinski definition) is 2. The van der Waals surface area contributed by atoms with Gasteiger partial charge in [0.1, 0.15) is 0 Å². The quantitative estimate of drug-likeness (QED) is 0.604. The molecule has 0 aromatic carbocycles. The molecule has 0 saturated heterocycles. The molecule has 1 heterocycles. The fraction of sp³-hybridized carbons (Fsp3) is 0.867. The Morgan fingerprint density at radius 2 is 1.82 bits per heavy atom. The summed E-state index contributed by atoms with van der Waals surface area (Å²) in [5, 5.41) is 8.86. The summed E-state index contributed by atoms with van der Waals surface area (Å²) in [5.74, 6) is 1.40. The minimum absolute atomic E-state index is 0.630. The van der Waals surface area contributed by atoms with Crippen LogP contribution in [0.1, 0.15) is 72.6 Å². The van der Waals surface area contributed by atoms with Crippen molar-refractivity contribution in [3.8, 4) is 0 Å². The van der Waals surface area contributed by atoms with Crippen LogP contribution in [-0.4, -0.2) is 11.4 Å². The zero-order valence-corrected chi connectivity index (χ0v) is 12.0. The van der Waals surface area contributed by atoms with Crippen LogP contribution in [-0.2, 0) is 0 Å². The molecule has 2 nitrogen and oxygen atoms in total. The Morgan fingerprint density at radius 3 is 2.35 bits per heavy atom. The van der Waals surface area contributed by atoms with Gasteiger partial charge in [0.05, 0.1) is 0 Å². The monoisotopic (exact) mass is 236 g/mol. The third kappa shape index (κ3) is 5.47. The molecule has 0 amide bonds. The normalized spacial score (nSPS) is 17.9. The number of unbranched alkanes of at least 4 members (excludes halogenated alkanes) is 1. The highest BCUT2D eigenvalue weighted by Crippen LogP contribution is 2.19. The van der Waals surface area contributed by atoms with Gasteiger partial charge < -0.3 is 0 Å². The lowest BCUT2D eigenvalue weighted by molar-refractivity contribution is 0.595. The van der Waals surface area contributed by atoms with Gasteiger partial charge in [-0.25, -0.2) is 0 Å². The van der Waals surface area contributed by atoms with Gasteiger partial charge in [-0.15, -0.1) is 0 Å². The smallest absolute Gasteiger partial charge is 0.0437 e. The van der Waals surface area contributed by atoms with Crippen molar-refractivity contribution in [1.29, 1.82) is 0 Å². The van der Waals surface area contributed by atoms with Crippen LogP contribution in [0.5, 0.6) is 0 Å². The molecule has 1 unspecified atom stereocenters. The summed E-state index contributed by atoms with van der Waals surface area (Å²) in [6.45, 7) is 9.08. The fourth-order valence-corrected chi connectivity index (χ4v) is 2.16. The van der Waals surface area contributed by atoms with Crippen molar-refractivity contribution in [3.05, 3.63) is 0 Å². The maximum Gasteiger partial charge on any atom is 0.0437 e. The van der Waals surface area contributed by atoms with Crippen LogP contribution in [0.3, 0.4) is 0 Å². The van der Waals surface area contributed by atoms with Crippen LogP contribution in [0.25, 0.3) is 0 Å². The molecular formula is C15H28N2. The van der Waals surface area contributed by atoms with Gasteiger partial charge in [-0.1, -0.05) is 40.5 Å². The molecule has 0 aliphatic carbocycles. The maximum absolute atomic E-state index is 4.45. The first-order valence-corrected chi connectivity index (χ1v) is 7.25. The molecule has 1 rings (SSSR count). The largest absolute Gasteiger partial charge is 0.160 e. The van der Waals surface area contributed by atoms with Crippen molar-refractivity contribution in [1.82, 2.24) is 0 Å². The molecule has 0 saturated carbocycles. The van der Waals surface area contributed by atoms with E-state index in [9.17, 15) is 0 Å². The molecule has 0 aromatic heterocycles. The zero-order valence-electron chi connectivity index (χ0n) is 12.0. The van der Waals surface area contributed by atoms with E-state index in [1.165, 1.54) is 37.1 Å². The van der Waals surface area contributed by atoms with Gasteiger partial charge >= 0.3 is 0 Å². The fourth-order valence-electron chi connectivity index (χ4n) is 2.16. The summed E-state index contributed by atoms with van der Waals surface area (Å²) in [7, 11) is 0. The number of rotatable bonds is 7. The van der Waals surface area contributed by atoms with E-state index in [4.69, 9.17) is 0 Å². The second kappa shape index (κ2) is 7.62. The average Bonchev–Trinajstić information content (AvgIpc) is 2.34. The SMILES string of the molecule is CCCCC(C)C1=NN=C(CCC(C)C)CC1. The van der Waals surface area contributed by atoms with Gasteiger partial charge in [0, 0.05) is 11.4 Å². The van der Waals surface area contributed by atoms with E-state index in [0.29, 0.717) is 5.92 Å². The summed E-state index contributed by atoms with van der Waals surface area (Å²) in [5.41, 5.74) is 2.64. The van der Waals surface area contributed by atoms with E-state index in [1.54, 1.807) is 0 Å². The van der Waals surface area contributed by atoms with E-state index >= 15 is 0 Å². The van der Waals surface area contributed by atoms with Crippen LogP contribution in [0.2, 0.25) is 0 Å². The van der Waals surface area contributed by atoms with Gasteiger partial charge in [-0.05, 0) is 43.9 Å². The lowest BCUT2D eigenvalue weighted by atomic mass is 9.93. The topological polar surface area (TPSA) is 24.7 Å². The van der Waals surface area contributed by atoms with Gasteiger partial charge in [0.25, 0.3) is 0 Å². The molecule has 0 bridgehead atoms. The number of nitrogens with zero attached hydrogens (tertiary/aromatic N) is 2. The van der Waals surface area contributed by atoms with E-state index in [2.05, 4.69) is 37.9 Å². The molecule has 0 radical (unpaired) electrons. The zero-order chi connectivity index (χ0) is 12.7. The molecule has 0 fully saturated rings. The third-order valence-electron chi connectivity index (χ3n) is 3.56. The van der Waals surface area contributed by atoms with Crippen LogP contribution in [0.4, 0.5) is 0 Å². The minimum Gasteiger partial charge on any atom is -0.160 e. The lowest BCUT2D eigenvalue weighted by Crippen LogP contribution is -2.17. The van der Waals surface area contributed by atoms with Gasteiger partial charge in [-0.3, -0.25) is 0 Å². The highest BCUT2D eigenvalue weighted by atomic mass is 15.2. The Bertz CT molecular complexity index is 277. The van der Waals surface area contributed by atoms with Gasteiger partial charge in [0.2, 0.25) is 0 Å². The second-order valence-electron chi connectivity index (χ2n) is 5.73. The number of hydrogen-bond donors (Lipinski definition) is 0. The van der Waals surface area contributed by atoms with Crippen LogP contribution >= 0.6 is 0 Å². The van der Waals surface area contributed by atoms with Gasteiger partial charge in [0.15, 0.2) is 0 Å². The second-order valence-corrected chi connectivity index (χ2v) is 5.73. The molecule has 2 heteroatoms.